The second-order valence-corrected chi connectivity index (χ2v) is 4.47. The minimum atomic E-state index is -0.406. The molecular formula is C12H11BrFN3. The third-order valence-corrected chi connectivity index (χ3v) is 2.95. The van der Waals surface area contributed by atoms with Gasteiger partial charge in [-0.25, -0.2) is 9.82 Å². The summed E-state index contributed by atoms with van der Waals surface area (Å²) < 4.78 is 14.5. The number of nitrogens with zero attached hydrogens (tertiary/aromatic N) is 1. The zero-order valence-corrected chi connectivity index (χ0v) is 10.5. The second-order valence-electron chi connectivity index (χ2n) is 3.55. The van der Waals surface area contributed by atoms with E-state index in [0.717, 1.165) is 5.56 Å². The van der Waals surface area contributed by atoms with Crippen LogP contribution in [0.25, 0.3) is 0 Å². The van der Waals surface area contributed by atoms with Crippen LogP contribution in [0.5, 0.6) is 0 Å². The van der Waals surface area contributed by atoms with Crippen molar-refractivity contribution in [2.45, 2.75) is 6.04 Å². The number of pyridine rings is 1. The number of benzene rings is 1. The van der Waals surface area contributed by atoms with Crippen LogP contribution in [-0.4, -0.2) is 4.98 Å². The van der Waals surface area contributed by atoms with E-state index in [4.69, 9.17) is 5.84 Å². The molecule has 5 heteroatoms. The van der Waals surface area contributed by atoms with Crippen LogP contribution in [0, 0.1) is 5.82 Å². The molecule has 2 rings (SSSR count). The summed E-state index contributed by atoms with van der Waals surface area (Å²) in [5.41, 5.74) is 3.91. The van der Waals surface area contributed by atoms with E-state index in [9.17, 15) is 4.39 Å². The summed E-state index contributed by atoms with van der Waals surface area (Å²) in [7, 11) is 0. The van der Waals surface area contributed by atoms with Gasteiger partial charge in [0.15, 0.2) is 0 Å². The van der Waals surface area contributed by atoms with Crippen LogP contribution >= 0.6 is 15.9 Å². The van der Waals surface area contributed by atoms with E-state index in [1.54, 1.807) is 30.6 Å². The molecule has 0 aliphatic carbocycles. The van der Waals surface area contributed by atoms with Gasteiger partial charge in [0.2, 0.25) is 0 Å². The topological polar surface area (TPSA) is 50.9 Å². The number of aromatic nitrogens is 1. The molecule has 1 atom stereocenters. The molecule has 1 unspecified atom stereocenters. The molecule has 0 radical (unpaired) electrons. The molecule has 1 heterocycles. The lowest BCUT2D eigenvalue weighted by Crippen LogP contribution is -2.29. The van der Waals surface area contributed by atoms with Gasteiger partial charge in [-0.3, -0.25) is 10.8 Å². The quantitative estimate of drug-likeness (QED) is 0.676. The smallest absolute Gasteiger partial charge is 0.129 e. The number of rotatable bonds is 3. The molecule has 0 saturated carbocycles. The van der Waals surface area contributed by atoms with Crippen molar-refractivity contribution in [3.63, 3.8) is 0 Å². The zero-order chi connectivity index (χ0) is 12.3. The van der Waals surface area contributed by atoms with Gasteiger partial charge < -0.3 is 0 Å². The highest BCUT2D eigenvalue weighted by molar-refractivity contribution is 9.10. The van der Waals surface area contributed by atoms with Gasteiger partial charge in [0.05, 0.1) is 6.04 Å². The van der Waals surface area contributed by atoms with Gasteiger partial charge in [-0.1, -0.05) is 28.1 Å². The van der Waals surface area contributed by atoms with Crippen LogP contribution in [0.3, 0.4) is 0 Å². The number of hydrogen-bond donors (Lipinski definition) is 2. The first-order valence-corrected chi connectivity index (χ1v) is 5.82. The van der Waals surface area contributed by atoms with Crippen LogP contribution in [-0.2, 0) is 0 Å². The Bertz CT molecular complexity index is 504. The highest BCUT2D eigenvalue weighted by Gasteiger charge is 2.16. The van der Waals surface area contributed by atoms with E-state index in [-0.39, 0.29) is 5.82 Å². The minimum absolute atomic E-state index is 0.314. The van der Waals surface area contributed by atoms with Gasteiger partial charge in [-0.15, -0.1) is 0 Å². The van der Waals surface area contributed by atoms with Gasteiger partial charge >= 0.3 is 0 Å². The lowest BCUT2D eigenvalue weighted by atomic mass is 10.0. The Morgan fingerprint density at radius 1 is 1.35 bits per heavy atom. The molecular weight excluding hydrogens is 285 g/mol. The molecule has 3 nitrogen and oxygen atoms in total. The van der Waals surface area contributed by atoms with E-state index in [1.807, 2.05) is 6.07 Å². The van der Waals surface area contributed by atoms with E-state index >= 15 is 0 Å². The van der Waals surface area contributed by atoms with E-state index < -0.39 is 6.04 Å². The predicted octanol–water partition coefficient (Wildman–Crippen LogP) is 2.54. The van der Waals surface area contributed by atoms with Crippen LogP contribution < -0.4 is 11.3 Å². The maximum atomic E-state index is 13.8. The average molecular weight is 296 g/mol. The summed E-state index contributed by atoms with van der Waals surface area (Å²) in [6.07, 6.45) is 3.32. The first-order chi connectivity index (χ1) is 8.22. The number of nitrogens with two attached hydrogens (primary N) is 1. The molecule has 0 spiro atoms. The van der Waals surface area contributed by atoms with Gasteiger partial charge in [-0.05, 0) is 23.8 Å². The van der Waals surface area contributed by atoms with Gasteiger partial charge in [-0.2, -0.15) is 0 Å². The fourth-order valence-corrected chi connectivity index (χ4v) is 1.98. The Hall–Kier alpha value is -1.30. The first kappa shape index (κ1) is 12.2. The summed E-state index contributed by atoms with van der Waals surface area (Å²) in [6, 6.07) is 8.11. The third-order valence-electron chi connectivity index (χ3n) is 2.46. The van der Waals surface area contributed by atoms with Gasteiger partial charge in [0.1, 0.15) is 5.82 Å². The van der Waals surface area contributed by atoms with E-state index in [1.165, 1.54) is 6.07 Å². The van der Waals surface area contributed by atoms with Gasteiger partial charge in [0, 0.05) is 22.4 Å². The Morgan fingerprint density at radius 2 is 2.18 bits per heavy atom. The largest absolute Gasteiger partial charge is 0.271 e. The molecule has 17 heavy (non-hydrogen) atoms. The summed E-state index contributed by atoms with van der Waals surface area (Å²) >= 11 is 3.22. The maximum Gasteiger partial charge on any atom is 0.129 e. The van der Waals surface area contributed by atoms with Crippen molar-refractivity contribution >= 4 is 15.9 Å². The number of nitrogens with one attached hydrogen (secondary N) is 1. The highest BCUT2D eigenvalue weighted by atomic mass is 79.9. The third kappa shape index (κ3) is 2.69. The molecule has 1 aromatic heterocycles. The molecule has 0 saturated heterocycles. The Balaban J connectivity index is 2.42. The molecule has 0 amide bonds. The van der Waals surface area contributed by atoms with Crippen LogP contribution in [0.1, 0.15) is 17.2 Å². The molecule has 3 N–H and O–H groups in total. The lowest BCUT2D eigenvalue weighted by Gasteiger charge is -2.17. The summed E-state index contributed by atoms with van der Waals surface area (Å²) in [5.74, 6) is 5.17. The monoisotopic (exact) mass is 295 g/mol. The molecule has 0 bridgehead atoms. The molecule has 0 aliphatic heterocycles. The van der Waals surface area contributed by atoms with Crippen molar-refractivity contribution in [2.75, 3.05) is 0 Å². The molecule has 2 aromatic rings. The summed E-state index contributed by atoms with van der Waals surface area (Å²) in [5, 5.41) is 0. The Morgan fingerprint density at radius 3 is 2.76 bits per heavy atom. The predicted molar refractivity (Wildman–Crippen MR) is 67.5 cm³/mol. The number of hydrogen-bond acceptors (Lipinski definition) is 3. The second kappa shape index (κ2) is 5.35. The number of hydrazine groups is 1. The van der Waals surface area contributed by atoms with Gasteiger partial charge in [0.25, 0.3) is 0 Å². The van der Waals surface area contributed by atoms with Crippen molar-refractivity contribution in [1.82, 2.24) is 10.4 Å². The Kier molecular flexibility index (Phi) is 3.83. The lowest BCUT2D eigenvalue weighted by molar-refractivity contribution is 0.558. The standard InChI is InChI=1S/C12H11BrFN3/c13-9-3-4-10(11(14)6-9)12(17-15)8-2-1-5-16-7-8/h1-7,12,17H,15H2. The zero-order valence-electron chi connectivity index (χ0n) is 8.90. The molecule has 0 aliphatic rings. The summed E-state index contributed by atoms with van der Waals surface area (Å²) in [6.45, 7) is 0. The fourth-order valence-electron chi connectivity index (χ4n) is 1.65. The molecule has 1 aromatic carbocycles. The molecule has 0 fully saturated rings. The van der Waals surface area contributed by atoms with Crippen molar-refractivity contribution in [1.29, 1.82) is 0 Å². The minimum Gasteiger partial charge on any atom is -0.271 e. The fraction of sp³-hybridized carbons (Fsp3) is 0.0833. The first-order valence-electron chi connectivity index (χ1n) is 5.03. The van der Waals surface area contributed by atoms with Crippen LogP contribution in [0.4, 0.5) is 4.39 Å². The van der Waals surface area contributed by atoms with E-state index in [0.29, 0.717) is 10.0 Å². The highest BCUT2D eigenvalue weighted by Crippen LogP contribution is 2.25. The average Bonchev–Trinajstić information content (AvgIpc) is 2.34. The summed E-state index contributed by atoms with van der Waals surface area (Å²) in [4.78, 5) is 4.00. The maximum absolute atomic E-state index is 13.8. The molecule has 88 valence electrons. The van der Waals surface area contributed by atoms with Crippen LogP contribution in [0.2, 0.25) is 0 Å². The van der Waals surface area contributed by atoms with Crippen molar-refractivity contribution in [3.05, 3.63) is 64.1 Å². The van der Waals surface area contributed by atoms with E-state index in [2.05, 4.69) is 26.3 Å². The number of halogens is 2. The van der Waals surface area contributed by atoms with Crippen molar-refractivity contribution in [2.24, 2.45) is 5.84 Å². The van der Waals surface area contributed by atoms with Crippen LogP contribution in [0.15, 0.2) is 47.2 Å². The Labute approximate surface area is 107 Å². The van der Waals surface area contributed by atoms with Crippen molar-refractivity contribution in [3.8, 4) is 0 Å². The normalized spacial score (nSPS) is 12.4. The van der Waals surface area contributed by atoms with Crippen molar-refractivity contribution < 1.29 is 4.39 Å². The SMILES string of the molecule is NNC(c1cccnc1)c1ccc(Br)cc1F.